The molecule has 0 heterocycles. The summed E-state index contributed by atoms with van der Waals surface area (Å²) in [5.74, 6) is 0.339. The molecule has 0 radical (unpaired) electrons. The second-order valence-corrected chi connectivity index (χ2v) is 4.46. The van der Waals surface area contributed by atoms with Crippen LogP contribution in [-0.2, 0) is 6.54 Å². The molecule has 2 aromatic carbocycles. The first-order chi connectivity index (χ1) is 10.2. The minimum atomic E-state index is -0.518. The van der Waals surface area contributed by atoms with E-state index in [4.69, 9.17) is 10.5 Å². The maximum absolute atomic E-state index is 10.8. The lowest BCUT2D eigenvalue weighted by atomic mass is 10.2. The van der Waals surface area contributed by atoms with Crippen molar-refractivity contribution in [3.05, 3.63) is 64.2 Å². The Kier molecular flexibility index (Phi) is 5.11. The molecular weight excluding hydrogens is 270 g/mol. The van der Waals surface area contributed by atoms with Gasteiger partial charge in [-0.25, -0.2) is 0 Å². The van der Waals surface area contributed by atoms with Gasteiger partial charge in [-0.05, 0) is 11.6 Å². The molecular formula is C15H17N3O3. The van der Waals surface area contributed by atoms with Crippen molar-refractivity contribution in [3.63, 3.8) is 0 Å². The highest BCUT2D eigenvalue weighted by Crippen LogP contribution is 2.30. The average Bonchev–Trinajstić information content (AvgIpc) is 2.49. The van der Waals surface area contributed by atoms with Gasteiger partial charge in [0.05, 0.1) is 4.92 Å². The maximum atomic E-state index is 10.8. The Balaban J connectivity index is 1.79. The summed E-state index contributed by atoms with van der Waals surface area (Å²) in [7, 11) is 0. The SMILES string of the molecule is Nc1c(OCCNCc2ccccc2)cccc1[N+](=O)[O-]. The van der Waals surface area contributed by atoms with Crippen molar-refractivity contribution in [1.29, 1.82) is 0 Å². The molecule has 0 atom stereocenters. The van der Waals surface area contributed by atoms with Gasteiger partial charge in [0.2, 0.25) is 0 Å². The molecule has 0 unspecified atom stereocenters. The van der Waals surface area contributed by atoms with E-state index in [9.17, 15) is 10.1 Å². The van der Waals surface area contributed by atoms with E-state index in [0.29, 0.717) is 18.9 Å². The van der Waals surface area contributed by atoms with E-state index in [0.717, 1.165) is 6.54 Å². The van der Waals surface area contributed by atoms with Crippen LogP contribution in [0.2, 0.25) is 0 Å². The fraction of sp³-hybridized carbons (Fsp3) is 0.200. The molecule has 6 heteroatoms. The van der Waals surface area contributed by atoms with Gasteiger partial charge in [0.15, 0.2) is 5.69 Å². The van der Waals surface area contributed by atoms with Crippen LogP contribution in [0.1, 0.15) is 5.56 Å². The van der Waals surface area contributed by atoms with Gasteiger partial charge in [-0.3, -0.25) is 10.1 Å². The lowest BCUT2D eigenvalue weighted by Gasteiger charge is -2.09. The zero-order valence-corrected chi connectivity index (χ0v) is 11.5. The van der Waals surface area contributed by atoms with Crippen LogP contribution < -0.4 is 15.8 Å². The summed E-state index contributed by atoms with van der Waals surface area (Å²) in [5.41, 5.74) is 6.82. The minimum Gasteiger partial charge on any atom is -0.490 e. The van der Waals surface area contributed by atoms with Crippen molar-refractivity contribution in [1.82, 2.24) is 5.32 Å². The number of ether oxygens (including phenoxy) is 1. The Morgan fingerprint density at radius 2 is 1.90 bits per heavy atom. The van der Waals surface area contributed by atoms with E-state index in [-0.39, 0.29) is 11.4 Å². The molecule has 2 aromatic rings. The third-order valence-electron chi connectivity index (χ3n) is 2.95. The molecule has 0 spiro atoms. The third kappa shape index (κ3) is 4.19. The van der Waals surface area contributed by atoms with Crippen LogP contribution in [0.4, 0.5) is 11.4 Å². The van der Waals surface area contributed by atoms with Crippen LogP contribution >= 0.6 is 0 Å². The molecule has 0 saturated carbocycles. The highest BCUT2D eigenvalue weighted by Gasteiger charge is 2.14. The molecule has 0 amide bonds. The first-order valence-electron chi connectivity index (χ1n) is 6.59. The highest BCUT2D eigenvalue weighted by atomic mass is 16.6. The first kappa shape index (κ1) is 14.8. The number of rotatable bonds is 7. The smallest absolute Gasteiger partial charge is 0.295 e. The average molecular weight is 287 g/mol. The Morgan fingerprint density at radius 1 is 1.14 bits per heavy atom. The minimum absolute atomic E-state index is 0.0607. The molecule has 0 aliphatic rings. The van der Waals surface area contributed by atoms with Crippen molar-refractivity contribution in [2.45, 2.75) is 6.54 Å². The Labute approximate surface area is 122 Å². The van der Waals surface area contributed by atoms with Gasteiger partial charge in [-0.2, -0.15) is 0 Å². The van der Waals surface area contributed by atoms with Crippen molar-refractivity contribution in [2.75, 3.05) is 18.9 Å². The fourth-order valence-electron chi connectivity index (χ4n) is 1.88. The zero-order valence-electron chi connectivity index (χ0n) is 11.5. The zero-order chi connectivity index (χ0) is 15.1. The summed E-state index contributed by atoms with van der Waals surface area (Å²) in [6.07, 6.45) is 0. The van der Waals surface area contributed by atoms with Gasteiger partial charge in [0.1, 0.15) is 12.4 Å². The van der Waals surface area contributed by atoms with Gasteiger partial charge in [-0.1, -0.05) is 36.4 Å². The first-order valence-corrected chi connectivity index (χ1v) is 6.59. The summed E-state index contributed by atoms with van der Waals surface area (Å²) in [5, 5.41) is 14.0. The van der Waals surface area contributed by atoms with Gasteiger partial charge >= 0.3 is 0 Å². The second-order valence-electron chi connectivity index (χ2n) is 4.46. The summed E-state index contributed by atoms with van der Waals surface area (Å²) in [4.78, 5) is 10.2. The number of nitrogens with zero attached hydrogens (tertiary/aromatic N) is 1. The number of anilines is 1. The highest BCUT2D eigenvalue weighted by molar-refractivity contribution is 5.66. The van der Waals surface area contributed by atoms with Crippen LogP contribution in [0.15, 0.2) is 48.5 Å². The number of nitrogens with two attached hydrogens (primary N) is 1. The number of nitrogens with one attached hydrogen (secondary N) is 1. The van der Waals surface area contributed by atoms with Crippen LogP contribution in [0, 0.1) is 10.1 Å². The van der Waals surface area contributed by atoms with Crippen molar-refractivity contribution < 1.29 is 9.66 Å². The molecule has 3 N–H and O–H groups in total. The van der Waals surface area contributed by atoms with Crippen molar-refractivity contribution >= 4 is 11.4 Å². The van der Waals surface area contributed by atoms with Crippen LogP contribution in [0.25, 0.3) is 0 Å². The van der Waals surface area contributed by atoms with Crippen molar-refractivity contribution in [2.24, 2.45) is 0 Å². The fourth-order valence-corrected chi connectivity index (χ4v) is 1.88. The maximum Gasteiger partial charge on any atom is 0.295 e. The number of nitro benzene ring substituents is 1. The predicted octanol–water partition coefficient (Wildman–Crippen LogP) is 2.35. The van der Waals surface area contributed by atoms with E-state index >= 15 is 0 Å². The summed E-state index contributed by atoms with van der Waals surface area (Å²) < 4.78 is 5.47. The summed E-state index contributed by atoms with van der Waals surface area (Å²) in [6.45, 7) is 1.75. The molecule has 0 saturated heterocycles. The van der Waals surface area contributed by atoms with E-state index in [1.54, 1.807) is 12.1 Å². The van der Waals surface area contributed by atoms with Crippen LogP contribution in [0.3, 0.4) is 0 Å². The van der Waals surface area contributed by atoms with Gasteiger partial charge in [0.25, 0.3) is 5.69 Å². The number of nitro groups is 1. The van der Waals surface area contributed by atoms with Crippen LogP contribution in [0.5, 0.6) is 5.75 Å². The molecule has 21 heavy (non-hydrogen) atoms. The summed E-state index contributed by atoms with van der Waals surface area (Å²) in [6, 6.07) is 14.5. The molecule has 0 fully saturated rings. The molecule has 6 nitrogen and oxygen atoms in total. The number of benzene rings is 2. The Morgan fingerprint density at radius 3 is 2.62 bits per heavy atom. The van der Waals surface area contributed by atoms with E-state index in [1.807, 2.05) is 30.3 Å². The molecule has 0 bridgehead atoms. The molecule has 0 aliphatic heterocycles. The number of hydrogen-bond acceptors (Lipinski definition) is 5. The third-order valence-corrected chi connectivity index (χ3v) is 2.95. The number of nitrogen functional groups attached to an aromatic ring is 1. The molecule has 110 valence electrons. The largest absolute Gasteiger partial charge is 0.490 e. The van der Waals surface area contributed by atoms with Gasteiger partial charge < -0.3 is 15.8 Å². The second kappa shape index (κ2) is 7.25. The Hall–Kier alpha value is -2.60. The number of hydrogen-bond donors (Lipinski definition) is 2. The standard InChI is InChI=1S/C15H17N3O3/c16-15-13(18(19)20)7-4-8-14(15)21-10-9-17-11-12-5-2-1-3-6-12/h1-8,17H,9-11,16H2. The van der Waals surface area contributed by atoms with E-state index in [1.165, 1.54) is 11.6 Å². The van der Waals surface area contributed by atoms with E-state index < -0.39 is 4.92 Å². The quantitative estimate of drug-likeness (QED) is 0.353. The molecule has 0 aromatic heterocycles. The predicted molar refractivity (Wildman–Crippen MR) is 81.2 cm³/mol. The van der Waals surface area contributed by atoms with Crippen molar-refractivity contribution in [3.8, 4) is 5.75 Å². The van der Waals surface area contributed by atoms with Gasteiger partial charge in [-0.15, -0.1) is 0 Å². The lowest BCUT2D eigenvalue weighted by Crippen LogP contribution is -2.20. The lowest BCUT2D eigenvalue weighted by molar-refractivity contribution is -0.384. The number of para-hydroxylation sites is 1. The van der Waals surface area contributed by atoms with Crippen LogP contribution in [-0.4, -0.2) is 18.1 Å². The molecule has 2 rings (SSSR count). The summed E-state index contributed by atoms with van der Waals surface area (Å²) >= 11 is 0. The normalized spacial score (nSPS) is 10.3. The monoisotopic (exact) mass is 287 g/mol. The molecule has 0 aliphatic carbocycles. The van der Waals surface area contributed by atoms with E-state index in [2.05, 4.69) is 5.32 Å². The topological polar surface area (TPSA) is 90.4 Å². The van der Waals surface area contributed by atoms with Gasteiger partial charge in [0, 0.05) is 19.2 Å². The Bertz CT molecular complexity index is 602.